The zero-order valence-corrected chi connectivity index (χ0v) is 16.2. The molecule has 1 aromatic rings. The minimum absolute atomic E-state index is 0.0963. The Morgan fingerprint density at radius 1 is 1.15 bits per heavy atom. The van der Waals surface area contributed by atoms with Gasteiger partial charge >= 0.3 is 0 Å². The van der Waals surface area contributed by atoms with Gasteiger partial charge in [0.25, 0.3) is 5.91 Å². The molecule has 134 valence electrons. The van der Waals surface area contributed by atoms with Gasteiger partial charge in [0.15, 0.2) is 11.9 Å². The third-order valence-corrected chi connectivity index (χ3v) is 7.31. The van der Waals surface area contributed by atoms with Crippen molar-refractivity contribution in [1.29, 1.82) is 0 Å². The third kappa shape index (κ3) is 2.10. The molecule has 0 spiro atoms. The number of nitrogens with one attached hydrogen (secondary N) is 1. The first kappa shape index (κ1) is 16.5. The Hall–Kier alpha value is -1.71. The highest BCUT2D eigenvalue weighted by Crippen LogP contribution is 2.55. The van der Waals surface area contributed by atoms with Gasteiger partial charge in [0.1, 0.15) is 17.4 Å². The van der Waals surface area contributed by atoms with E-state index in [0.717, 1.165) is 8.95 Å². The number of anilines is 1. The van der Waals surface area contributed by atoms with E-state index in [4.69, 9.17) is 9.57 Å². The molecule has 3 heterocycles. The highest BCUT2D eigenvalue weighted by atomic mass is 79.9. The summed E-state index contributed by atoms with van der Waals surface area (Å²) in [6.07, 6.45) is 0.459. The number of ether oxygens (including phenoxy) is 1. The van der Waals surface area contributed by atoms with E-state index in [1.807, 2.05) is 0 Å². The maximum absolute atomic E-state index is 12.9. The Bertz CT molecular complexity index is 914. The van der Waals surface area contributed by atoms with Crippen LogP contribution in [-0.4, -0.2) is 41.3 Å². The number of halogens is 2. The molecule has 7 nitrogen and oxygen atoms in total. The number of rotatable bonds is 2. The zero-order chi connectivity index (χ0) is 18.2. The summed E-state index contributed by atoms with van der Waals surface area (Å²) in [6.45, 7) is 0. The van der Waals surface area contributed by atoms with Gasteiger partial charge in [0, 0.05) is 14.6 Å². The van der Waals surface area contributed by atoms with Crippen LogP contribution in [0, 0.1) is 17.8 Å². The summed E-state index contributed by atoms with van der Waals surface area (Å²) in [6, 6.07) is 5.18. The number of benzene rings is 1. The quantitative estimate of drug-likeness (QED) is 0.630. The number of carbonyl (C=O) groups excluding carboxylic acids is 2. The van der Waals surface area contributed by atoms with Crippen molar-refractivity contribution < 1.29 is 24.3 Å². The molecule has 2 saturated heterocycles. The molecular weight excluding hydrogens is 472 g/mol. The van der Waals surface area contributed by atoms with E-state index in [0.29, 0.717) is 5.69 Å². The number of oxime groups is 1. The minimum atomic E-state index is -0.615. The first-order valence-electron chi connectivity index (χ1n) is 8.06. The van der Waals surface area contributed by atoms with Crippen LogP contribution in [0.5, 0.6) is 0 Å². The Labute approximate surface area is 164 Å². The van der Waals surface area contributed by atoms with Gasteiger partial charge in [-0.1, -0.05) is 5.16 Å². The molecule has 26 heavy (non-hydrogen) atoms. The standard InChI is InChI=1S/C17H12Br2N2O5/c18-7-2-1-5(3-8(7)19)21-17(24)11-12(22)9-10(13(11)23)16-15-6(4-20-26-15)14(9)25-16/h1-4,6,9-10,14-16,22H,(H,21,24). The van der Waals surface area contributed by atoms with Gasteiger partial charge in [-0.2, -0.15) is 0 Å². The van der Waals surface area contributed by atoms with Crippen molar-refractivity contribution in [3.63, 3.8) is 0 Å². The second kappa shape index (κ2) is 5.64. The predicted molar refractivity (Wildman–Crippen MR) is 97.6 cm³/mol. The smallest absolute Gasteiger partial charge is 0.262 e. The van der Waals surface area contributed by atoms with Crippen molar-refractivity contribution >= 4 is 55.5 Å². The second-order valence-corrected chi connectivity index (χ2v) is 8.43. The van der Waals surface area contributed by atoms with Gasteiger partial charge in [-0.25, -0.2) is 0 Å². The number of ketones is 1. The molecule has 5 rings (SSSR count). The number of carbonyl (C=O) groups is 2. The van der Waals surface area contributed by atoms with Crippen LogP contribution in [-0.2, 0) is 19.2 Å². The molecule has 6 atom stereocenters. The summed E-state index contributed by atoms with van der Waals surface area (Å²) in [7, 11) is 0. The van der Waals surface area contributed by atoms with Crippen LogP contribution in [0.4, 0.5) is 5.69 Å². The topological polar surface area (TPSA) is 97.2 Å². The number of nitrogens with zero attached hydrogens (tertiary/aromatic N) is 1. The number of aliphatic hydroxyl groups is 1. The van der Waals surface area contributed by atoms with Crippen molar-refractivity contribution in [2.24, 2.45) is 22.9 Å². The van der Waals surface area contributed by atoms with Crippen molar-refractivity contribution in [2.45, 2.75) is 18.3 Å². The van der Waals surface area contributed by atoms with E-state index in [2.05, 4.69) is 42.3 Å². The summed E-state index contributed by atoms with van der Waals surface area (Å²) in [5, 5.41) is 17.1. The lowest BCUT2D eigenvalue weighted by atomic mass is 9.74. The van der Waals surface area contributed by atoms with Crippen molar-refractivity contribution in [3.05, 3.63) is 38.5 Å². The number of fused-ring (bicyclic) bond motifs is 8. The molecule has 6 unspecified atom stereocenters. The van der Waals surface area contributed by atoms with E-state index in [9.17, 15) is 14.7 Å². The normalized spacial score (nSPS) is 36.3. The van der Waals surface area contributed by atoms with E-state index >= 15 is 0 Å². The van der Waals surface area contributed by atoms with Gasteiger partial charge < -0.3 is 20.0 Å². The molecule has 4 aliphatic rings. The molecule has 1 aliphatic carbocycles. The lowest BCUT2D eigenvalue weighted by Gasteiger charge is -2.26. The van der Waals surface area contributed by atoms with Crippen molar-refractivity contribution in [2.75, 3.05) is 5.32 Å². The summed E-state index contributed by atoms with van der Waals surface area (Å²) >= 11 is 6.72. The zero-order valence-electron chi connectivity index (χ0n) is 13.1. The molecule has 0 radical (unpaired) electrons. The van der Waals surface area contributed by atoms with Crippen molar-refractivity contribution in [3.8, 4) is 0 Å². The van der Waals surface area contributed by atoms with Crippen LogP contribution in [0.1, 0.15) is 0 Å². The summed E-state index contributed by atoms with van der Waals surface area (Å²) in [5.74, 6) is -2.42. The van der Waals surface area contributed by atoms with Crippen LogP contribution in [0.2, 0.25) is 0 Å². The highest BCUT2D eigenvalue weighted by molar-refractivity contribution is 9.13. The Balaban J connectivity index is 1.44. The number of hydrogen-bond donors (Lipinski definition) is 2. The van der Waals surface area contributed by atoms with Gasteiger partial charge in [0.05, 0.1) is 30.1 Å². The largest absolute Gasteiger partial charge is 0.511 e. The molecule has 0 saturated carbocycles. The predicted octanol–water partition coefficient (Wildman–Crippen LogP) is 2.56. The second-order valence-electron chi connectivity index (χ2n) is 6.73. The number of amides is 1. The maximum atomic E-state index is 12.9. The van der Waals surface area contributed by atoms with Gasteiger partial charge in [-0.05, 0) is 50.1 Å². The summed E-state index contributed by atoms with van der Waals surface area (Å²) < 4.78 is 7.45. The summed E-state index contributed by atoms with van der Waals surface area (Å²) in [4.78, 5) is 30.8. The van der Waals surface area contributed by atoms with E-state index in [1.54, 1.807) is 24.4 Å². The fraction of sp³-hybridized carbons (Fsp3) is 0.353. The molecule has 2 fully saturated rings. The molecular formula is C17H12Br2N2O5. The molecule has 2 N–H and O–H groups in total. The van der Waals surface area contributed by atoms with Gasteiger partial charge in [-0.3, -0.25) is 9.59 Å². The third-order valence-electron chi connectivity index (χ3n) is 5.43. The fourth-order valence-corrected chi connectivity index (χ4v) is 4.97. The molecule has 3 aliphatic heterocycles. The average Bonchev–Trinajstić information content (AvgIpc) is 3.31. The van der Waals surface area contributed by atoms with Crippen LogP contribution < -0.4 is 5.32 Å². The van der Waals surface area contributed by atoms with Gasteiger partial charge in [0.2, 0.25) is 0 Å². The van der Waals surface area contributed by atoms with Gasteiger partial charge in [-0.15, -0.1) is 0 Å². The number of Topliss-reactive ketones (excluding diaryl/α,β-unsaturated/α-hetero) is 1. The van der Waals surface area contributed by atoms with Crippen molar-refractivity contribution in [1.82, 2.24) is 0 Å². The Morgan fingerprint density at radius 3 is 2.73 bits per heavy atom. The minimum Gasteiger partial charge on any atom is -0.511 e. The first-order valence-corrected chi connectivity index (χ1v) is 9.64. The monoisotopic (exact) mass is 482 g/mol. The van der Waals surface area contributed by atoms with E-state index < -0.39 is 35.7 Å². The van der Waals surface area contributed by atoms with E-state index in [-0.39, 0.29) is 23.4 Å². The molecule has 1 amide bonds. The average molecular weight is 484 g/mol. The lowest BCUT2D eigenvalue weighted by molar-refractivity contribution is -0.125. The number of hydrogen-bond acceptors (Lipinski definition) is 6. The summed E-state index contributed by atoms with van der Waals surface area (Å²) in [5.41, 5.74) is 0.330. The van der Waals surface area contributed by atoms with Crippen LogP contribution in [0.15, 0.2) is 43.6 Å². The lowest BCUT2D eigenvalue weighted by Crippen LogP contribution is -2.43. The maximum Gasteiger partial charge on any atom is 0.262 e. The van der Waals surface area contributed by atoms with Crippen LogP contribution >= 0.6 is 31.9 Å². The fourth-order valence-electron chi connectivity index (χ4n) is 4.35. The first-order chi connectivity index (χ1) is 12.5. The molecule has 9 heteroatoms. The SMILES string of the molecule is O=C(Nc1ccc(Br)c(Br)c1)C1=C(O)C2C3OC(C4ON=CC43)C2C1=O. The van der Waals surface area contributed by atoms with Crippen LogP contribution in [0.25, 0.3) is 0 Å². The number of aliphatic hydroxyl groups excluding tert-OH is 1. The molecule has 0 aromatic heterocycles. The highest BCUT2D eigenvalue weighted by Gasteiger charge is 2.68. The molecule has 2 bridgehead atoms. The Morgan fingerprint density at radius 2 is 1.96 bits per heavy atom. The Kier molecular flexibility index (Phi) is 3.57. The van der Waals surface area contributed by atoms with Crippen LogP contribution in [0.3, 0.4) is 0 Å². The van der Waals surface area contributed by atoms with E-state index in [1.165, 1.54) is 0 Å². The molecule has 1 aromatic carbocycles.